The molecule has 0 aliphatic carbocycles. The predicted molar refractivity (Wildman–Crippen MR) is 133 cm³/mol. The van der Waals surface area contributed by atoms with Crippen molar-refractivity contribution in [2.24, 2.45) is 0 Å². The van der Waals surface area contributed by atoms with Gasteiger partial charge in [0, 0.05) is 6.42 Å². The van der Waals surface area contributed by atoms with Crippen molar-refractivity contribution >= 4 is 23.4 Å². The first-order chi connectivity index (χ1) is 16.7. The van der Waals surface area contributed by atoms with Crippen LogP contribution in [0.5, 0.6) is 5.75 Å². The summed E-state index contributed by atoms with van der Waals surface area (Å²) in [4.78, 5) is 26.1. The zero-order chi connectivity index (χ0) is 23.6. The maximum Gasteiger partial charge on any atom is 0.413 e. The molecule has 0 saturated carbocycles. The summed E-state index contributed by atoms with van der Waals surface area (Å²) in [5.74, 6) is 0.0237. The Kier molecular flexibility index (Phi) is 7.54. The van der Waals surface area contributed by atoms with Gasteiger partial charge in [0.15, 0.2) is 0 Å². The molecule has 0 bridgehead atoms. The number of hydrogen-bond donors (Lipinski definition) is 2. The molecule has 0 spiro atoms. The summed E-state index contributed by atoms with van der Waals surface area (Å²) in [6, 6.07) is 36.4. The number of anilines is 2. The van der Waals surface area contributed by atoms with Crippen molar-refractivity contribution in [3.05, 3.63) is 127 Å². The molecule has 170 valence electrons. The fourth-order valence-electron chi connectivity index (χ4n) is 3.45. The van der Waals surface area contributed by atoms with Crippen molar-refractivity contribution in [3.8, 4) is 5.75 Å². The number of carbonyl (C=O) groups is 2. The van der Waals surface area contributed by atoms with Gasteiger partial charge in [-0.3, -0.25) is 15.2 Å². The molecule has 6 nitrogen and oxygen atoms in total. The molecule has 0 heterocycles. The summed E-state index contributed by atoms with van der Waals surface area (Å²) in [6.07, 6.45) is -0.401. The summed E-state index contributed by atoms with van der Waals surface area (Å²) in [6.45, 7) is 0. The summed E-state index contributed by atoms with van der Waals surface area (Å²) < 4.78 is 5.36. The Morgan fingerprint density at radius 1 is 0.676 bits per heavy atom. The molecule has 2 N–H and O–H groups in total. The van der Waals surface area contributed by atoms with Gasteiger partial charge in [0.05, 0.1) is 11.4 Å². The fourth-order valence-corrected chi connectivity index (χ4v) is 3.45. The number of rotatable bonds is 8. The van der Waals surface area contributed by atoms with Gasteiger partial charge in [0.1, 0.15) is 11.8 Å². The Hall–Kier alpha value is -4.58. The SMILES string of the molecule is O=C(N[C@@H](Cc1ccccc1)C(=O)NN(c1ccccc1)c1ccccc1)Oc1ccccc1. The number of ether oxygens (including phenoxy) is 1. The molecule has 1 atom stereocenters. The number of hydrazine groups is 1. The number of benzene rings is 4. The van der Waals surface area contributed by atoms with Gasteiger partial charge in [-0.1, -0.05) is 84.9 Å². The van der Waals surface area contributed by atoms with Crippen LogP contribution >= 0.6 is 0 Å². The van der Waals surface area contributed by atoms with Crippen LogP contribution in [0.15, 0.2) is 121 Å². The van der Waals surface area contributed by atoms with E-state index < -0.39 is 12.1 Å². The summed E-state index contributed by atoms with van der Waals surface area (Å²) in [5, 5.41) is 4.42. The van der Waals surface area contributed by atoms with Crippen LogP contribution in [0, 0.1) is 0 Å². The van der Waals surface area contributed by atoms with Gasteiger partial charge in [-0.25, -0.2) is 4.79 Å². The van der Waals surface area contributed by atoms with Crippen LogP contribution in [0.2, 0.25) is 0 Å². The second-order valence-electron chi connectivity index (χ2n) is 7.57. The van der Waals surface area contributed by atoms with Gasteiger partial charge >= 0.3 is 6.09 Å². The normalized spacial score (nSPS) is 11.2. The van der Waals surface area contributed by atoms with Crippen LogP contribution in [0.3, 0.4) is 0 Å². The van der Waals surface area contributed by atoms with Gasteiger partial charge in [0.2, 0.25) is 0 Å². The average molecular weight is 452 g/mol. The molecule has 6 heteroatoms. The standard InChI is InChI=1S/C28H25N3O3/c32-27(30-31(23-15-7-2-8-16-23)24-17-9-3-10-18-24)26(21-22-13-5-1-6-14-22)29-28(33)34-25-19-11-4-12-20-25/h1-20,26H,21H2,(H,29,33)(H,30,32)/t26-/m0/s1. The first-order valence-corrected chi connectivity index (χ1v) is 11.0. The smallest absolute Gasteiger partial charge is 0.410 e. The van der Waals surface area contributed by atoms with Gasteiger partial charge in [-0.2, -0.15) is 0 Å². The molecule has 0 aliphatic heterocycles. The molecule has 4 aromatic carbocycles. The molecule has 0 aromatic heterocycles. The molecular weight excluding hydrogens is 426 g/mol. The third kappa shape index (κ3) is 6.23. The molecule has 4 rings (SSSR count). The maximum absolute atomic E-state index is 13.5. The molecular formula is C28H25N3O3. The molecule has 0 saturated heterocycles. The van der Waals surface area contributed by atoms with Gasteiger partial charge in [-0.15, -0.1) is 0 Å². The molecule has 4 aromatic rings. The lowest BCUT2D eigenvalue weighted by Gasteiger charge is -2.28. The Bertz CT molecular complexity index is 1150. The molecule has 0 radical (unpaired) electrons. The molecule has 0 unspecified atom stereocenters. The summed E-state index contributed by atoms with van der Waals surface area (Å²) >= 11 is 0. The maximum atomic E-state index is 13.5. The fraction of sp³-hybridized carbons (Fsp3) is 0.0714. The van der Waals surface area contributed by atoms with E-state index in [4.69, 9.17) is 4.74 Å². The minimum Gasteiger partial charge on any atom is -0.410 e. The highest BCUT2D eigenvalue weighted by molar-refractivity contribution is 5.88. The van der Waals surface area contributed by atoms with E-state index in [0.717, 1.165) is 16.9 Å². The second kappa shape index (κ2) is 11.3. The zero-order valence-electron chi connectivity index (χ0n) is 18.5. The first kappa shape index (κ1) is 22.6. The van der Waals surface area contributed by atoms with Crippen molar-refractivity contribution in [2.45, 2.75) is 12.5 Å². The number of nitrogens with one attached hydrogen (secondary N) is 2. The highest BCUT2D eigenvalue weighted by Gasteiger charge is 2.25. The highest BCUT2D eigenvalue weighted by atomic mass is 16.6. The van der Waals surface area contributed by atoms with E-state index in [2.05, 4.69) is 10.7 Å². The van der Waals surface area contributed by atoms with Crippen molar-refractivity contribution in [3.63, 3.8) is 0 Å². The molecule has 0 aliphatic rings. The van der Waals surface area contributed by atoms with Crippen molar-refractivity contribution in [1.29, 1.82) is 0 Å². The van der Waals surface area contributed by atoms with E-state index in [1.54, 1.807) is 29.3 Å². The van der Waals surface area contributed by atoms with E-state index in [-0.39, 0.29) is 5.91 Å². The topological polar surface area (TPSA) is 70.7 Å². The van der Waals surface area contributed by atoms with Crippen molar-refractivity contribution < 1.29 is 14.3 Å². The number of nitrogens with zero attached hydrogens (tertiary/aromatic N) is 1. The molecule has 2 amide bonds. The second-order valence-corrected chi connectivity index (χ2v) is 7.57. The Morgan fingerprint density at radius 3 is 1.68 bits per heavy atom. The minimum atomic E-state index is -0.867. The predicted octanol–water partition coefficient (Wildman–Crippen LogP) is 5.26. The van der Waals surface area contributed by atoms with E-state index in [0.29, 0.717) is 12.2 Å². The third-order valence-corrected chi connectivity index (χ3v) is 5.10. The van der Waals surface area contributed by atoms with Crippen molar-refractivity contribution in [2.75, 3.05) is 5.01 Å². The third-order valence-electron chi connectivity index (χ3n) is 5.10. The van der Waals surface area contributed by atoms with E-state index in [1.165, 1.54) is 0 Å². The van der Waals surface area contributed by atoms with Gasteiger partial charge < -0.3 is 10.1 Å². The lowest BCUT2D eigenvalue weighted by atomic mass is 10.1. The number of hydrogen-bond acceptors (Lipinski definition) is 4. The van der Waals surface area contributed by atoms with Crippen LogP contribution in [0.1, 0.15) is 5.56 Å². The number of carbonyl (C=O) groups excluding carboxylic acids is 2. The zero-order valence-corrected chi connectivity index (χ0v) is 18.5. The van der Waals surface area contributed by atoms with E-state index in [9.17, 15) is 9.59 Å². The van der Waals surface area contributed by atoms with Crippen LogP contribution in [-0.2, 0) is 11.2 Å². The van der Waals surface area contributed by atoms with Crippen LogP contribution in [-0.4, -0.2) is 18.0 Å². The lowest BCUT2D eigenvalue weighted by Crippen LogP contribution is -2.52. The minimum absolute atomic E-state index is 0.300. The van der Waals surface area contributed by atoms with Gasteiger partial charge in [0.25, 0.3) is 5.91 Å². The van der Waals surface area contributed by atoms with E-state index >= 15 is 0 Å². The number of amides is 2. The lowest BCUT2D eigenvalue weighted by molar-refractivity contribution is -0.123. The number of para-hydroxylation sites is 3. The monoisotopic (exact) mass is 451 g/mol. The van der Waals surface area contributed by atoms with Crippen LogP contribution < -0.4 is 20.5 Å². The Morgan fingerprint density at radius 2 is 1.15 bits per heavy atom. The first-order valence-electron chi connectivity index (χ1n) is 11.0. The van der Waals surface area contributed by atoms with Crippen molar-refractivity contribution in [1.82, 2.24) is 10.7 Å². The average Bonchev–Trinajstić information content (AvgIpc) is 2.89. The highest BCUT2D eigenvalue weighted by Crippen LogP contribution is 2.22. The summed E-state index contributed by atoms with van der Waals surface area (Å²) in [7, 11) is 0. The van der Waals surface area contributed by atoms with E-state index in [1.807, 2.05) is 97.1 Å². The Labute approximate surface area is 198 Å². The molecule has 0 fully saturated rings. The van der Waals surface area contributed by atoms with Gasteiger partial charge in [-0.05, 0) is 42.0 Å². The van der Waals surface area contributed by atoms with Crippen LogP contribution in [0.4, 0.5) is 16.2 Å². The molecule has 34 heavy (non-hydrogen) atoms. The summed E-state index contributed by atoms with van der Waals surface area (Å²) in [5.41, 5.74) is 5.44. The van der Waals surface area contributed by atoms with Crippen LogP contribution in [0.25, 0.3) is 0 Å². The Balaban J connectivity index is 1.56. The largest absolute Gasteiger partial charge is 0.413 e. The quantitative estimate of drug-likeness (QED) is 0.359.